The number of hydrogen-bond donors (Lipinski definition) is 0. The van der Waals surface area contributed by atoms with E-state index in [4.69, 9.17) is 11.6 Å². The number of hydrogen-bond acceptors (Lipinski definition) is 3. The van der Waals surface area contributed by atoms with Crippen LogP contribution < -0.4 is 4.90 Å². The Kier molecular flexibility index (Phi) is 4.64. The smallest absolute Gasteiger partial charge is 0.319 e. The zero-order valence-electron chi connectivity index (χ0n) is 13.1. The first-order valence-corrected chi connectivity index (χ1v) is 8.59. The number of halogens is 2. The third-order valence-electron chi connectivity index (χ3n) is 4.01. The minimum atomic E-state index is 0.0648. The predicted octanol–water partition coefficient (Wildman–Crippen LogP) is 3.45. The second-order valence-corrected chi connectivity index (χ2v) is 7.09. The van der Waals surface area contributed by atoms with Gasteiger partial charge in [0.2, 0.25) is 0 Å². The summed E-state index contributed by atoms with van der Waals surface area (Å²) >= 11 is 9.80. The Morgan fingerprint density at radius 1 is 1.26 bits per heavy atom. The van der Waals surface area contributed by atoms with Crippen LogP contribution in [-0.2, 0) is 0 Å². The number of pyridine rings is 1. The fourth-order valence-corrected chi connectivity index (χ4v) is 3.72. The molecule has 0 saturated carbocycles. The molecule has 0 bridgehead atoms. The molecule has 0 spiro atoms. The first-order valence-electron chi connectivity index (χ1n) is 7.42. The Labute approximate surface area is 148 Å². The van der Waals surface area contributed by atoms with Crippen LogP contribution in [0.2, 0.25) is 5.02 Å². The Balaban J connectivity index is 1.87. The number of nitrogens with zero attached hydrogens (tertiary/aromatic N) is 4. The van der Waals surface area contributed by atoms with Gasteiger partial charge in [-0.3, -0.25) is 4.98 Å². The van der Waals surface area contributed by atoms with Crippen molar-refractivity contribution in [2.45, 2.75) is 0 Å². The van der Waals surface area contributed by atoms with Crippen LogP contribution in [0.15, 0.2) is 28.9 Å². The van der Waals surface area contributed by atoms with Crippen molar-refractivity contribution in [1.29, 1.82) is 0 Å². The Bertz CT molecular complexity index is 744. The number of fused-ring (bicyclic) bond motifs is 1. The van der Waals surface area contributed by atoms with E-state index in [1.165, 1.54) is 0 Å². The van der Waals surface area contributed by atoms with Crippen LogP contribution in [0.3, 0.4) is 0 Å². The summed E-state index contributed by atoms with van der Waals surface area (Å²) in [6.45, 7) is 3.01. The molecule has 1 aromatic heterocycles. The monoisotopic (exact) mass is 396 g/mol. The number of aromatic nitrogens is 1. The molecular weight excluding hydrogens is 380 g/mol. The summed E-state index contributed by atoms with van der Waals surface area (Å²) < 4.78 is 0.936. The van der Waals surface area contributed by atoms with E-state index in [-0.39, 0.29) is 6.03 Å². The van der Waals surface area contributed by atoms with Gasteiger partial charge in [-0.05, 0) is 18.2 Å². The average molecular weight is 398 g/mol. The van der Waals surface area contributed by atoms with Crippen molar-refractivity contribution in [3.8, 4) is 0 Å². The standard InChI is InChI=1S/C16H18BrClN4O/c1-20(2)16(23)22-7-5-21(6-8-22)14-3-4-19-15-12(14)9-11(17)10-13(15)18/h3-4,9-10H,5-8H2,1-2H3. The molecule has 2 heterocycles. The van der Waals surface area contributed by atoms with Crippen molar-refractivity contribution < 1.29 is 4.79 Å². The van der Waals surface area contributed by atoms with Gasteiger partial charge in [-0.15, -0.1) is 0 Å². The fraction of sp³-hybridized carbons (Fsp3) is 0.375. The number of carbonyl (C=O) groups excluding carboxylic acids is 1. The van der Waals surface area contributed by atoms with E-state index in [2.05, 4.69) is 25.8 Å². The number of amides is 2. The SMILES string of the molecule is CN(C)C(=O)N1CCN(c2ccnc3c(Cl)cc(Br)cc23)CC1. The third kappa shape index (κ3) is 3.23. The maximum absolute atomic E-state index is 12.0. The van der Waals surface area contributed by atoms with Crippen LogP contribution in [0.5, 0.6) is 0 Å². The molecule has 3 rings (SSSR count). The van der Waals surface area contributed by atoms with E-state index < -0.39 is 0 Å². The molecule has 2 amide bonds. The number of rotatable bonds is 1. The van der Waals surface area contributed by atoms with Crippen molar-refractivity contribution in [1.82, 2.24) is 14.8 Å². The minimum Gasteiger partial charge on any atom is -0.367 e. The Hall–Kier alpha value is -1.53. The lowest BCUT2D eigenvalue weighted by atomic mass is 10.1. The molecule has 23 heavy (non-hydrogen) atoms. The Morgan fingerprint density at radius 2 is 1.96 bits per heavy atom. The number of anilines is 1. The minimum absolute atomic E-state index is 0.0648. The largest absolute Gasteiger partial charge is 0.367 e. The highest BCUT2D eigenvalue weighted by atomic mass is 79.9. The second-order valence-electron chi connectivity index (χ2n) is 5.76. The summed E-state index contributed by atoms with van der Waals surface area (Å²) in [5.41, 5.74) is 1.91. The molecule has 0 unspecified atom stereocenters. The van der Waals surface area contributed by atoms with Gasteiger partial charge >= 0.3 is 6.03 Å². The van der Waals surface area contributed by atoms with Crippen LogP contribution in [0.4, 0.5) is 10.5 Å². The first kappa shape index (κ1) is 16.3. The number of piperazine rings is 1. The normalized spacial score (nSPS) is 15.1. The number of carbonyl (C=O) groups is 1. The van der Waals surface area contributed by atoms with Crippen LogP contribution in [0, 0.1) is 0 Å². The van der Waals surface area contributed by atoms with Crippen LogP contribution in [0.1, 0.15) is 0 Å². The summed E-state index contributed by atoms with van der Waals surface area (Å²) in [5.74, 6) is 0. The molecular formula is C16H18BrClN4O. The maximum atomic E-state index is 12.0. The molecule has 2 aromatic rings. The molecule has 0 radical (unpaired) electrons. The van der Waals surface area contributed by atoms with Crippen molar-refractivity contribution in [3.05, 3.63) is 33.9 Å². The van der Waals surface area contributed by atoms with Gasteiger partial charge in [0.1, 0.15) is 0 Å². The second kappa shape index (κ2) is 6.53. The van der Waals surface area contributed by atoms with Gasteiger partial charge in [0, 0.05) is 62.0 Å². The molecule has 0 atom stereocenters. The van der Waals surface area contributed by atoms with Crippen LogP contribution in [0.25, 0.3) is 10.9 Å². The van der Waals surface area contributed by atoms with Gasteiger partial charge in [-0.1, -0.05) is 27.5 Å². The van der Waals surface area contributed by atoms with Gasteiger partial charge in [0.05, 0.1) is 10.5 Å². The molecule has 1 saturated heterocycles. The highest BCUT2D eigenvalue weighted by Gasteiger charge is 2.23. The molecule has 0 N–H and O–H groups in total. The van der Waals surface area contributed by atoms with Gasteiger partial charge in [-0.25, -0.2) is 4.79 Å². The molecule has 122 valence electrons. The molecule has 5 nitrogen and oxygen atoms in total. The maximum Gasteiger partial charge on any atom is 0.319 e. The predicted molar refractivity (Wildman–Crippen MR) is 97.3 cm³/mol. The van der Waals surface area contributed by atoms with Gasteiger partial charge in [0.15, 0.2) is 0 Å². The summed E-state index contributed by atoms with van der Waals surface area (Å²) in [6.07, 6.45) is 1.79. The van der Waals surface area contributed by atoms with E-state index in [9.17, 15) is 4.79 Å². The molecule has 1 aromatic carbocycles. The Morgan fingerprint density at radius 3 is 2.61 bits per heavy atom. The van der Waals surface area contributed by atoms with E-state index in [0.29, 0.717) is 18.1 Å². The van der Waals surface area contributed by atoms with E-state index in [1.807, 2.05) is 23.1 Å². The lowest BCUT2D eigenvalue weighted by Gasteiger charge is -2.37. The van der Waals surface area contributed by atoms with Crippen molar-refractivity contribution >= 4 is 50.2 Å². The highest BCUT2D eigenvalue weighted by Crippen LogP contribution is 2.33. The van der Waals surface area contributed by atoms with Gasteiger partial charge in [0.25, 0.3) is 0 Å². The van der Waals surface area contributed by atoms with Crippen LogP contribution in [-0.4, -0.2) is 61.1 Å². The molecule has 1 aliphatic heterocycles. The lowest BCUT2D eigenvalue weighted by Crippen LogP contribution is -2.51. The lowest BCUT2D eigenvalue weighted by molar-refractivity contribution is 0.168. The number of benzene rings is 1. The van der Waals surface area contributed by atoms with Crippen LogP contribution >= 0.6 is 27.5 Å². The van der Waals surface area contributed by atoms with E-state index >= 15 is 0 Å². The molecule has 1 aliphatic rings. The van der Waals surface area contributed by atoms with Gasteiger partial charge < -0.3 is 14.7 Å². The summed E-state index contributed by atoms with van der Waals surface area (Å²) in [5, 5.41) is 1.66. The van der Waals surface area contributed by atoms with Crippen molar-refractivity contribution in [2.75, 3.05) is 45.2 Å². The molecule has 1 fully saturated rings. The molecule has 7 heteroatoms. The average Bonchev–Trinajstić information content (AvgIpc) is 2.53. The van der Waals surface area contributed by atoms with E-state index in [0.717, 1.165) is 34.2 Å². The highest BCUT2D eigenvalue weighted by molar-refractivity contribution is 9.10. The summed E-state index contributed by atoms with van der Waals surface area (Å²) in [6, 6.07) is 5.97. The zero-order valence-corrected chi connectivity index (χ0v) is 15.4. The number of urea groups is 1. The topological polar surface area (TPSA) is 39.7 Å². The summed E-state index contributed by atoms with van der Waals surface area (Å²) in [4.78, 5) is 22.2. The van der Waals surface area contributed by atoms with Gasteiger partial charge in [-0.2, -0.15) is 0 Å². The van der Waals surface area contributed by atoms with E-state index in [1.54, 1.807) is 25.2 Å². The summed E-state index contributed by atoms with van der Waals surface area (Å²) in [7, 11) is 3.56. The fourth-order valence-electron chi connectivity index (χ4n) is 2.86. The zero-order chi connectivity index (χ0) is 16.6. The van der Waals surface area contributed by atoms with Crippen molar-refractivity contribution in [3.63, 3.8) is 0 Å². The molecule has 0 aliphatic carbocycles. The third-order valence-corrected chi connectivity index (χ3v) is 4.76. The quantitative estimate of drug-likeness (QED) is 0.740. The van der Waals surface area contributed by atoms with Crippen molar-refractivity contribution in [2.24, 2.45) is 0 Å². The first-order chi connectivity index (χ1) is 11.0.